The van der Waals surface area contributed by atoms with Gasteiger partial charge in [0.25, 0.3) is 10.1 Å². The zero-order chi connectivity index (χ0) is 27.9. The molecule has 0 fully saturated rings. The predicted molar refractivity (Wildman–Crippen MR) is 108 cm³/mol. The summed E-state index contributed by atoms with van der Waals surface area (Å²) in [6.07, 6.45) is 0. The highest BCUT2D eigenvalue weighted by Crippen LogP contribution is 2.53. The maximum atomic E-state index is 12.7. The molecule has 26 heteroatoms. The molecule has 204 valence electrons. The van der Waals surface area contributed by atoms with Crippen LogP contribution in [0.25, 0.3) is 10.8 Å². The Kier molecular flexibility index (Phi) is 6.11. The van der Waals surface area contributed by atoms with Gasteiger partial charge in [-0.3, -0.25) is 22.8 Å². The van der Waals surface area contributed by atoms with Crippen molar-refractivity contribution >= 4 is 72.1 Å². The third-order valence-electron chi connectivity index (χ3n) is 3.72. The standard InChI is InChI=1S/C10H8O20S6/c11-31(12,13)4-1-2-5-6(3-4)7(27-34(19,20)21)10(32(14,15)16)8-9(5)33(17,18)29-36(25,26,28-8)30-35(22,23)24/h1-3H,(H,25,26)(H,11,12,13)(H,14,15,16)(H,19,20,21)(H,22,23,24). The topological polar surface area (TPSA) is 326 Å². The number of rotatable bonds is 6. The van der Waals surface area contributed by atoms with Crippen LogP contribution in [0.15, 0.2) is 32.9 Å². The largest absolute Gasteiger partial charge is 0.446 e. The summed E-state index contributed by atoms with van der Waals surface area (Å²) < 4.78 is 191. The third-order valence-corrected chi connectivity index (χ3v) is 10.4. The fraction of sp³-hybridized carbons (Fsp3) is 0. The molecule has 1 aliphatic rings. The van der Waals surface area contributed by atoms with Crippen LogP contribution in [0.2, 0.25) is 0 Å². The van der Waals surface area contributed by atoms with Gasteiger partial charge in [-0.2, -0.15) is 46.3 Å². The van der Waals surface area contributed by atoms with Gasteiger partial charge in [-0.15, -0.1) is 3.63 Å². The maximum Gasteiger partial charge on any atom is 0.446 e. The van der Waals surface area contributed by atoms with Crippen molar-refractivity contribution in [2.45, 2.75) is 14.7 Å². The van der Waals surface area contributed by atoms with Crippen molar-refractivity contribution in [3.05, 3.63) is 18.2 Å². The molecular weight excluding hydrogens is 632 g/mol. The monoisotopic (exact) mass is 640 g/mol. The van der Waals surface area contributed by atoms with Crippen molar-refractivity contribution < 1.29 is 84.7 Å². The summed E-state index contributed by atoms with van der Waals surface area (Å²) in [5.74, 6) is -4.00. The average molecular weight is 641 g/mol. The van der Waals surface area contributed by atoms with Crippen LogP contribution in [0.1, 0.15) is 0 Å². The van der Waals surface area contributed by atoms with Crippen LogP contribution >= 0.6 is 0 Å². The molecule has 0 atom stereocenters. The Hall–Kier alpha value is -2.08. The van der Waals surface area contributed by atoms with Crippen molar-refractivity contribution in [2.75, 3.05) is 0 Å². The lowest BCUT2D eigenvalue weighted by atomic mass is 10.1. The maximum absolute atomic E-state index is 12.7. The van der Waals surface area contributed by atoms with E-state index < -0.39 is 98.3 Å². The Morgan fingerprint density at radius 3 is 1.83 bits per heavy atom. The number of hydrogen-bond donors (Lipinski definition) is 5. The zero-order valence-corrected chi connectivity index (χ0v) is 20.9. The fourth-order valence-corrected chi connectivity index (χ4v) is 9.05. The first kappa shape index (κ1) is 28.5. The molecule has 2 aromatic rings. The van der Waals surface area contributed by atoms with E-state index in [4.69, 9.17) is 9.11 Å². The highest BCUT2D eigenvalue weighted by molar-refractivity contribution is 8.14. The molecule has 0 aliphatic carbocycles. The predicted octanol–water partition coefficient (Wildman–Crippen LogP) is -1.53. The molecule has 0 amide bonds. The molecule has 5 N–H and O–H groups in total. The van der Waals surface area contributed by atoms with E-state index in [1.807, 2.05) is 0 Å². The molecule has 0 radical (unpaired) electrons. The van der Waals surface area contributed by atoms with Gasteiger partial charge in [-0.25, -0.2) is 0 Å². The van der Waals surface area contributed by atoms with Crippen molar-refractivity contribution in [3.8, 4) is 11.5 Å². The number of hydrogen-bond acceptors (Lipinski definition) is 15. The van der Waals surface area contributed by atoms with Gasteiger partial charge in [0, 0.05) is 10.8 Å². The van der Waals surface area contributed by atoms with Crippen molar-refractivity contribution in [1.29, 1.82) is 0 Å². The molecule has 0 saturated heterocycles. The van der Waals surface area contributed by atoms with E-state index in [1.54, 1.807) is 0 Å². The quantitative estimate of drug-likeness (QED) is 0.223. The van der Waals surface area contributed by atoms with E-state index in [0.717, 1.165) is 0 Å². The van der Waals surface area contributed by atoms with Crippen molar-refractivity contribution in [2.24, 2.45) is 0 Å². The molecule has 0 unspecified atom stereocenters. The Labute approximate surface area is 200 Å². The first-order valence-electron chi connectivity index (χ1n) is 7.75. The molecule has 0 saturated carbocycles. The summed E-state index contributed by atoms with van der Waals surface area (Å²) in [6, 6.07) is 0.998. The number of benzene rings is 2. The van der Waals surface area contributed by atoms with Crippen LogP contribution in [0.3, 0.4) is 0 Å². The van der Waals surface area contributed by atoms with Gasteiger partial charge < -0.3 is 8.37 Å². The van der Waals surface area contributed by atoms with E-state index in [-0.39, 0.29) is 6.07 Å². The van der Waals surface area contributed by atoms with Crippen LogP contribution in [-0.2, 0) is 68.6 Å². The minimum absolute atomic E-state index is 0.174. The van der Waals surface area contributed by atoms with Crippen molar-refractivity contribution in [1.82, 2.24) is 0 Å². The molecule has 3 rings (SSSR count). The summed E-state index contributed by atoms with van der Waals surface area (Å²) >= 11 is 0. The Morgan fingerprint density at radius 1 is 0.833 bits per heavy atom. The van der Waals surface area contributed by atoms with Gasteiger partial charge in [0.2, 0.25) is 0 Å². The van der Waals surface area contributed by atoms with E-state index in [0.29, 0.717) is 12.1 Å². The van der Waals surface area contributed by atoms with Crippen molar-refractivity contribution in [3.63, 3.8) is 0 Å². The minimum Gasteiger partial charge on any atom is -0.361 e. The normalized spacial score (nSPS) is 20.4. The smallest absolute Gasteiger partial charge is 0.361 e. The highest BCUT2D eigenvalue weighted by atomic mass is 32.4. The Bertz CT molecular complexity index is 1950. The Balaban J connectivity index is 2.71. The van der Waals surface area contributed by atoms with E-state index >= 15 is 0 Å². The lowest BCUT2D eigenvalue weighted by Gasteiger charge is -2.36. The van der Waals surface area contributed by atoms with E-state index in [1.165, 1.54) is 0 Å². The molecule has 2 aromatic carbocycles. The first-order valence-corrected chi connectivity index (χ1v) is 16.5. The first-order chi connectivity index (χ1) is 15.7. The van der Waals surface area contributed by atoms with E-state index in [9.17, 15) is 60.0 Å². The second kappa shape index (κ2) is 7.72. The molecule has 1 heterocycles. The Morgan fingerprint density at radius 2 is 1.39 bits per heavy atom. The molecule has 36 heavy (non-hydrogen) atoms. The summed E-state index contributed by atoms with van der Waals surface area (Å²) in [7, 11) is -36.9. The lowest BCUT2D eigenvalue weighted by molar-refractivity contribution is 0.203. The van der Waals surface area contributed by atoms with Gasteiger partial charge >= 0.3 is 51.2 Å². The second-order valence-electron chi connectivity index (χ2n) is 6.29. The molecule has 20 nitrogen and oxygen atoms in total. The van der Waals surface area contributed by atoms with Crippen LogP contribution < -0.4 is 8.37 Å². The van der Waals surface area contributed by atoms with Crippen LogP contribution in [0.4, 0.5) is 0 Å². The number of fused-ring (bicyclic) bond motifs is 3. The van der Waals surface area contributed by atoms with E-state index in [2.05, 4.69) is 15.6 Å². The SMILES string of the molecule is O=S(=O)(O)Oc1c(S(=O)(=O)O)c2c(c3ccc(S(=O)(=O)O)cc13)S(=O)(=O)OS(=O)(O)(OS(=O)(=O)O)O2. The van der Waals surface area contributed by atoms with Gasteiger partial charge in [0.05, 0.1) is 4.90 Å². The highest BCUT2D eigenvalue weighted by Gasteiger charge is 2.57. The van der Waals surface area contributed by atoms with Crippen LogP contribution in [-0.4, -0.2) is 69.1 Å². The fourth-order valence-electron chi connectivity index (χ4n) is 2.77. The third kappa shape index (κ3) is 5.58. The molecule has 1 aliphatic heterocycles. The second-order valence-corrected chi connectivity index (χ2v) is 14.9. The van der Waals surface area contributed by atoms with Crippen LogP contribution in [0, 0.1) is 0 Å². The molecule has 0 bridgehead atoms. The summed E-state index contributed by atoms with van der Waals surface area (Å²) in [5.41, 5.74) is 0. The van der Waals surface area contributed by atoms with Crippen LogP contribution in [0.5, 0.6) is 11.5 Å². The lowest BCUT2D eigenvalue weighted by Crippen LogP contribution is -2.49. The summed E-state index contributed by atoms with van der Waals surface area (Å²) in [4.78, 5) is -5.12. The van der Waals surface area contributed by atoms with Gasteiger partial charge in [0.1, 0.15) is 4.90 Å². The van der Waals surface area contributed by atoms with Gasteiger partial charge in [0.15, 0.2) is 16.4 Å². The van der Waals surface area contributed by atoms with Gasteiger partial charge in [-0.1, -0.05) is 9.70 Å². The van der Waals surface area contributed by atoms with Gasteiger partial charge in [-0.05, 0) is 12.1 Å². The summed E-state index contributed by atoms with van der Waals surface area (Å²) in [5, 5.41) is -2.33. The molecular formula is C10H8O20S6. The minimum atomic E-state index is -7.62. The average Bonchev–Trinajstić information content (AvgIpc) is 2.53. The summed E-state index contributed by atoms with van der Waals surface area (Å²) in [6.45, 7) is 0. The zero-order valence-electron chi connectivity index (χ0n) is 16.0. The molecule has 0 spiro atoms. The molecule has 0 aromatic heterocycles.